The van der Waals surface area contributed by atoms with Crippen LogP contribution in [0.15, 0.2) is 182 Å². The number of nitriles is 3. The summed E-state index contributed by atoms with van der Waals surface area (Å²) in [4.78, 5) is 6.79. The van der Waals surface area contributed by atoms with Gasteiger partial charge >= 0.3 is 0 Å². The molecule has 0 atom stereocenters. The van der Waals surface area contributed by atoms with Gasteiger partial charge in [0.1, 0.15) is 0 Å². The predicted octanol–water partition coefficient (Wildman–Crippen LogP) is 11.6. The highest BCUT2D eigenvalue weighted by Gasteiger charge is 2.46. The first-order valence-electron chi connectivity index (χ1n) is 18.6. The Labute approximate surface area is 329 Å². The molecule has 0 radical (unpaired) electrons. The van der Waals surface area contributed by atoms with Crippen LogP contribution in [0.5, 0.6) is 0 Å². The third-order valence-corrected chi connectivity index (χ3v) is 11.2. The molecule has 0 amide bonds. The van der Waals surface area contributed by atoms with Crippen molar-refractivity contribution in [2.24, 2.45) is 0 Å². The number of rotatable bonds is 5. The van der Waals surface area contributed by atoms with E-state index in [9.17, 15) is 15.8 Å². The molecule has 0 unspecified atom stereocenters. The number of para-hydroxylation sites is 3. The van der Waals surface area contributed by atoms with Crippen LogP contribution in [0.2, 0.25) is 0 Å². The third-order valence-electron chi connectivity index (χ3n) is 11.2. The maximum absolute atomic E-state index is 10.5. The fourth-order valence-corrected chi connectivity index (χ4v) is 8.98. The average Bonchev–Trinajstić information content (AvgIpc) is 3.62. The second-order valence-electron chi connectivity index (χ2n) is 14.1. The Bertz CT molecular complexity index is 3000. The van der Waals surface area contributed by atoms with Crippen LogP contribution in [0.25, 0.3) is 38.6 Å². The molecule has 6 nitrogen and oxygen atoms in total. The number of pyridine rings is 1. The van der Waals surface area contributed by atoms with Crippen LogP contribution >= 0.6 is 0 Å². The second-order valence-corrected chi connectivity index (χ2v) is 14.1. The minimum absolute atomic E-state index is 0.256. The summed E-state index contributed by atoms with van der Waals surface area (Å²) in [5, 5.41) is 32.9. The van der Waals surface area contributed by atoms with E-state index >= 15 is 0 Å². The first-order valence-corrected chi connectivity index (χ1v) is 18.6. The number of hydrogen-bond donors (Lipinski definition) is 0. The summed E-state index contributed by atoms with van der Waals surface area (Å²) < 4.78 is 2.22. The SMILES string of the molecule is N#Cc1cc(C#N)c(-c2cc(N3c4ccccc4C(c4ccccc4)(c4ccccc4)c4ccccc43)cc(-n3c4ccccc4c4cnccc43)c2)c(C#N)c1. The van der Waals surface area contributed by atoms with Gasteiger partial charge in [0, 0.05) is 40.1 Å². The van der Waals surface area contributed by atoms with Crippen molar-refractivity contribution in [2.75, 3.05) is 4.90 Å². The fraction of sp³-hybridized carbons (Fsp3) is 0.0196. The first-order chi connectivity index (χ1) is 28.1. The van der Waals surface area contributed by atoms with Gasteiger partial charge in [0.2, 0.25) is 0 Å². The molecule has 0 saturated heterocycles. The van der Waals surface area contributed by atoms with Gasteiger partial charge in [-0.25, -0.2) is 0 Å². The second kappa shape index (κ2) is 13.3. The lowest BCUT2D eigenvalue weighted by molar-refractivity contribution is 0.731. The van der Waals surface area contributed by atoms with Crippen molar-refractivity contribution >= 4 is 38.9 Å². The lowest BCUT2D eigenvalue weighted by Gasteiger charge is -2.46. The summed E-state index contributed by atoms with van der Waals surface area (Å²) in [5.41, 5.74) is 11.5. The van der Waals surface area contributed by atoms with Crippen molar-refractivity contribution in [3.63, 3.8) is 0 Å². The van der Waals surface area contributed by atoms with Crippen molar-refractivity contribution in [1.29, 1.82) is 15.8 Å². The van der Waals surface area contributed by atoms with Crippen LogP contribution in [0.1, 0.15) is 38.9 Å². The topological polar surface area (TPSA) is 92.4 Å². The molecule has 57 heavy (non-hydrogen) atoms. The average molecular weight is 727 g/mol. The van der Waals surface area contributed by atoms with Gasteiger partial charge < -0.3 is 9.47 Å². The van der Waals surface area contributed by atoms with Gasteiger partial charge in [-0.05, 0) is 82.4 Å². The maximum atomic E-state index is 10.5. The standard InChI is InChI=1S/C51H30N6/c52-30-34-25-36(31-53)50(37(26-34)32-54)35-27-40(56-46-20-10-7-17-42(46)43-33-55-24-23-47(43)56)29-41(28-35)57-48-21-11-8-18-44(48)51(38-13-3-1-4-14-38,39-15-5-2-6-16-39)45-19-9-12-22-49(45)57/h1-29,33H. The third kappa shape index (κ3) is 4.98. The highest BCUT2D eigenvalue weighted by molar-refractivity contribution is 6.09. The number of nitrogens with zero attached hydrogens (tertiary/aromatic N) is 6. The lowest BCUT2D eigenvalue weighted by Crippen LogP contribution is -2.37. The summed E-state index contributed by atoms with van der Waals surface area (Å²) in [6.07, 6.45) is 3.69. The highest BCUT2D eigenvalue weighted by atomic mass is 15.2. The summed E-state index contributed by atoms with van der Waals surface area (Å²) in [6.45, 7) is 0. The van der Waals surface area contributed by atoms with E-state index in [1.165, 1.54) is 0 Å². The van der Waals surface area contributed by atoms with Gasteiger partial charge in [0.05, 0.1) is 62.7 Å². The monoisotopic (exact) mass is 726 g/mol. The molecule has 0 spiro atoms. The summed E-state index contributed by atoms with van der Waals surface area (Å²) in [7, 11) is 0. The highest BCUT2D eigenvalue weighted by Crippen LogP contribution is 2.58. The number of hydrogen-bond acceptors (Lipinski definition) is 5. The van der Waals surface area contributed by atoms with E-state index in [0.717, 1.165) is 66.8 Å². The van der Waals surface area contributed by atoms with E-state index in [-0.39, 0.29) is 16.7 Å². The quantitative estimate of drug-likeness (QED) is 0.176. The Morgan fingerprint density at radius 2 is 1.04 bits per heavy atom. The number of fused-ring (bicyclic) bond motifs is 5. The van der Waals surface area contributed by atoms with Crippen LogP contribution in [-0.2, 0) is 5.41 Å². The molecule has 0 saturated carbocycles. The molecule has 3 heterocycles. The Balaban J connectivity index is 1.33. The Kier molecular flexibility index (Phi) is 7.75. The minimum Gasteiger partial charge on any atom is -0.310 e. The summed E-state index contributed by atoms with van der Waals surface area (Å²) in [5.74, 6) is 0. The lowest BCUT2D eigenvalue weighted by atomic mass is 9.62. The number of anilines is 3. The van der Waals surface area contributed by atoms with Crippen molar-refractivity contribution in [3.05, 3.63) is 221 Å². The molecule has 10 rings (SSSR count). The Morgan fingerprint density at radius 1 is 0.491 bits per heavy atom. The molecule has 0 aliphatic carbocycles. The maximum Gasteiger partial charge on any atom is 0.0999 e. The largest absolute Gasteiger partial charge is 0.310 e. The van der Waals surface area contributed by atoms with E-state index < -0.39 is 5.41 Å². The van der Waals surface area contributed by atoms with Gasteiger partial charge in [-0.3, -0.25) is 4.98 Å². The molecule has 0 fully saturated rings. The van der Waals surface area contributed by atoms with Gasteiger partial charge in [0.15, 0.2) is 0 Å². The smallest absolute Gasteiger partial charge is 0.0999 e. The van der Waals surface area contributed by atoms with Crippen LogP contribution < -0.4 is 4.90 Å². The van der Waals surface area contributed by atoms with Gasteiger partial charge in [0.25, 0.3) is 0 Å². The van der Waals surface area contributed by atoms with E-state index in [1.54, 1.807) is 18.3 Å². The molecule has 0 N–H and O–H groups in total. The summed E-state index contributed by atoms with van der Waals surface area (Å²) in [6, 6.07) is 65.0. The Hall–Kier alpha value is -8.24. The molecule has 1 aliphatic rings. The van der Waals surface area contributed by atoms with E-state index in [0.29, 0.717) is 11.1 Å². The molecule has 9 aromatic rings. The zero-order valence-corrected chi connectivity index (χ0v) is 30.5. The minimum atomic E-state index is -0.651. The van der Waals surface area contributed by atoms with Crippen LogP contribution in [0, 0.1) is 34.0 Å². The van der Waals surface area contributed by atoms with Crippen molar-refractivity contribution in [2.45, 2.75) is 5.41 Å². The van der Waals surface area contributed by atoms with Crippen molar-refractivity contribution < 1.29 is 0 Å². The first kappa shape index (κ1) is 33.3. The molecule has 0 bridgehead atoms. The van der Waals surface area contributed by atoms with Crippen molar-refractivity contribution in [1.82, 2.24) is 9.55 Å². The van der Waals surface area contributed by atoms with Crippen LogP contribution in [0.4, 0.5) is 17.1 Å². The fourth-order valence-electron chi connectivity index (χ4n) is 8.98. The van der Waals surface area contributed by atoms with E-state index in [4.69, 9.17) is 0 Å². The van der Waals surface area contributed by atoms with Crippen LogP contribution in [0.3, 0.4) is 0 Å². The van der Waals surface area contributed by atoms with E-state index in [2.05, 4.69) is 166 Å². The predicted molar refractivity (Wildman–Crippen MR) is 225 cm³/mol. The van der Waals surface area contributed by atoms with Crippen LogP contribution in [-0.4, -0.2) is 9.55 Å². The molecular weight excluding hydrogens is 697 g/mol. The molecular formula is C51H30N6. The zero-order chi connectivity index (χ0) is 38.5. The number of aromatic nitrogens is 2. The van der Waals surface area contributed by atoms with Gasteiger partial charge in [-0.1, -0.05) is 115 Å². The van der Waals surface area contributed by atoms with Gasteiger partial charge in [-0.15, -0.1) is 0 Å². The number of benzene rings is 7. The Morgan fingerprint density at radius 3 is 1.65 bits per heavy atom. The van der Waals surface area contributed by atoms with Crippen molar-refractivity contribution in [3.8, 4) is 35.0 Å². The molecule has 7 aromatic carbocycles. The zero-order valence-electron chi connectivity index (χ0n) is 30.5. The molecule has 6 heteroatoms. The summed E-state index contributed by atoms with van der Waals surface area (Å²) >= 11 is 0. The van der Waals surface area contributed by atoms with Gasteiger partial charge in [-0.2, -0.15) is 15.8 Å². The normalized spacial score (nSPS) is 12.6. The molecule has 264 valence electrons. The molecule has 1 aliphatic heterocycles. The van der Waals surface area contributed by atoms with E-state index in [1.807, 2.05) is 30.5 Å². The molecule has 2 aromatic heterocycles.